The van der Waals surface area contributed by atoms with Crippen molar-refractivity contribution in [2.75, 3.05) is 19.6 Å². The van der Waals surface area contributed by atoms with Gasteiger partial charge in [0.25, 0.3) is 0 Å². The van der Waals surface area contributed by atoms with Crippen LogP contribution in [0.2, 0.25) is 5.02 Å². The molecule has 0 unspecified atom stereocenters. The first-order valence-corrected chi connectivity index (χ1v) is 10.7. The molecule has 4 rings (SSSR count). The van der Waals surface area contributed by atoms with Crippen molar-refractivity contribution in [2.45, 2.75) is 45.1 Å². The third-order valence-corrected chi connectivity index (χ3v) is 5.67. The van der Waals surface area contributed by atoms with Crippen LogP contribution in [0.5, 0.6) is 5.75 Å². The molecular weight excluding hydrogens is 418 g/mol. The zero-order valence-electron chi connectivity index (χ0n) is 17.9. The molecule has 8 heteroatoms. The Balaban J connectivity index is 1.67. The van der Waals surface area contributed by atoms with Crippen molar-refractivity contribution in [1.29, 1.82) is 0 Å². The molecule has 0 N–H and O–H groups in total. The van der Waals surface area contributed by atoms with Gasteiger partial charge in [-0.05, 0) is 39.0 Å². The van der Waals surface area contributed by atoms with Crippen LogP contribution in [0.3, 0.4) is 0 Å². The minimum absolute atomic E-state index is 0.214. The molecule has 1 saturated heterocycles. The molecule has 1 fully saturated rings. The number of carbonyl (C=O) groups excluding carboxylic acids is 2. The minimum atomic E-state index is -0.624. The molecule has 2 atom stereocenters. The molecule has 31 heavy (non-hydrogen) atoms. The Morgan fingerprint density at radius 3 is 2.84 bits per heavy atom. The molecule has 2 aliphatic heterocycles. The van der Waals surface area contributed by atoms with Gasteiger partial charge in [0.05, 0.1) is 11.7 Å². The standard InChI is InChI=1S/C23H26ClN3O4/c1-23(2,3)31-22(29)27-10-9-26(12-17(27)13-28)21-18-7-6-16(24)11-19(18)30-14-15-5-4-8-25-20(15)21/h4-8,11,13,17,21H,9-10,12,14H2,1-3H3/t17-,21-/m1/s1. The van der Waals surface area contributed by atoms with E-state index in [1.165, 1.54) is 4.90 Å². The summed E-state index contributed by atoms with van der Waals surface area (Å²) >= 11 is 6.21. The Morgan fingerprint density at radius 1 is 1.29 bits per heavy atom. The van der Waals surface area contributed by atoms with Gasteiger partial charge in [0.2, 0.25) is 0 Å². The van der Waals surface area contributed by atoms with E-state index in [4.69, 9.17) is 21.1 Å². The molecule has 1 aromatic carbocycles. The highest BCUT2D eigenvalue weighted by atomic mass is 35.5. The van der Waals surface area contributed by atoms with Crippen LogP contribution in [0.25, 0.3) is 0 Å². The lowest BCUT2D eigenvalue weighted by molar-refractivity contribution is -0.115. The molecular formula is C23H26ClN3O4. The fourth-order valence-corrected chi connectivity index (χ4v) is 4.24. The molecule has 0 bridgehead atoms. The number of ether oxygens (including phenoxy) is 2. The summed E-state index contributed by atoms with van der Waals surface area (Å²) in [6.07, 6.45) is 2.10. The summed E-state index contributed by atoms with van der Waals surface area (Å²) in [4.78, 5) is 32.9. The summed E-state index contributed by atoms with van der Waals surface area (Å²) in [7, 11) is 0. The fraction of sp³-hybridized carbons (Fsp3) is 0.435. The number of amides is 1. The van der Waals surface area contributed by atoms with Gasteiger partial charge in [0.1, 0.15) is 30.3 Å². The van der Waals surface area contributed by atoms with Crippen LogP contribution in [0.15, 0.2) is 36.5 Å². The van der Waals surface area contributed by atoms with E-state index in [0.29, 0.717) is 37.0 Å². The number of benzene rings is 1. The number of aldehydes is 1. The Bertz CT molecular complexity index is 991. The van der Waals surface area contributed by atoms with Crippen molar-refractivity contribution in [3.63, 3.8) is 0 Å². The predicted molar refractivity (Wildman–Crippen MR) is 116 cm³/mol. The smallest absolute Gasteiger partial charge is 0.410 e. The lowest BCUT2D eigenvalue weighted by Gasteiger charge is -2.42. The molecule has 1 amide bonds. The second-order valence-corrected chi connectivity index (χ2v) is 9.23. The number of rotatable bonds is 2. The normalized spacial score (nSPS) is 21.4. The molecule has 0 aliphatic carbocycles. The zero-order valence-corrected chi connectivity index (χ0v) is 18.6. The van der Waals surface area contributed by atoms with Crippen molar-refractivity contribution in [3.05, 3.63) is 58.4 Å². The summed E-state index contributed by atoms with van der Waals surface area (Å²) < 4.78 is 11.5. The molecule has 3 heterocycles. The van der Waals surface area contributed by atoms with Crippen LogP contribution in [0, 0.1) is 0 Å². The van der Waals surface area contributed by atoms with E-state index in [0.717, 1.165) is 23.1 Å². The number of piperazine rings is 1. The highest BCUT2D eigenvalue weighted by molar-refractivity contribution is 6.30. The number of aromatic nitrogens is 1. The van der Waals surface area contributed by atoms with Crippen molar-refractivity contribution in [2.24, 2.45) is 0 Å². The molecule has 7 nitrogen and oxygen atoms in total. The van der Waals surface area contributed by atoms with Gasteiger partial charge in [-0.3, -0.25) is 14.8 Å². The Labute approximate surface area is 186 Å². The predicted octanol–water partition coefficient (Wildman–Crippen LogP) is 3.84. The number of hydrogen-bond donors (Lipinski definition) is 0. The van der Waals surface area contributed by atoms with E-state index in [1.54, 1.807) is 6.20 Å². The van der Waals surface area contributed by atoms with E-state index in [2.05, 4.69) is 9.88 Å². The number of hydrogen-bond acceptors (Lipinski definition) is 6. The first-order chi connectivity index (χ1) is 14.8. The summed E-state index contributed by atoms with van der Waals surface area (Å²) in [6, 6.07) is 8.64. The summed E-state index contributed by atoms with van der Waals surface area (Å²) in [5, 5.41) is 0.594. The van der Waals surface area contributed by atoms with Crippen molar-refractivity contribution in [3.8, 4) is 5.75 Å². The second kappa shape index (κ2) is 8.48. The summed E-state index contributed by atoms with van der Waals surface area (Å²) in [5.41, 5.74) is 2.19. The van der Waals surface area contributed by atoms with Gasteiger partial charge in [-0.15, -0.1) is 0 Å². The third-order valence-electron chi connectivity index (χ3n) is 5.44. The van der Waals surface area contributed by atoms with Gasteiger partial charge < -0.3 is 14.3 Å². The van der Waals surface area contributed by atoms with E-state index < -0.39 is 17.7 Å². The second-order valence-electron chi connectivity index (χ2n) is 8.79. The number of nitrogens with zero attached hydrogens (tertiary/aromatic N) is 3. The lowest BCUT2D eigenvalue weighted by Crippen LogP contribution is -2.57. The maximum atomic E-state index is 12.6. The minimum Gasteiger partial charge on any atom is -0.488 e. The third kappa shape index (κ3) is 4.52. The van der Waals surface area contributed by atoms with Crippen LogP contribution in [0.1, 0.15) is 43.6 Å². The molecule has 164 valence electrons. The molecule has 2 aromatic rings. The summed E-state index contributed by atoms with van der Waals surface area (Å²) in [5.74, 6) is 0.702. The van der Waals surface area contributed by atoms with Gasteiger partial charge in [-0.25, -0.2) is 4.79 Å². The number of halogens is 1. The zero-order chi connectivity index (χ0) is 22.2. The first kappa shape index (κ1) is 21.6. The highest BCUT2D eigenvalue weighted by Gasteiger charge is 2.39. The maximum Gasteiger partial charge on any atom is 0.410 e. The van der Waals surface area contributed by atoms with Crippen LogP contribution >= 0.6 is 11.6 Å². The van der Waals surface area contributed by atoms with Gasteiger partial charge in [0, 0.05) is 42.0 Å². The van der Waals surface area contributed by atoms with Gasteiger partial charge in [-0.2, -0.15) is 0 Å². The topological polar surface area (TPSA) is 72.0 Å². The molecule has 2 aliphatic rings. The van der Waals surface area contributed by atoms with Gasteiger partial charge in [-0.1, -0.05) is 23.7 Å². The quantitative estimate of drug-likeness (QED) is 0.657. The van der Waals surface area contributed by atoms with Crippen LogP contribution < -0.4 is 4.74 Å². The number of pyridine rings is 1. The molecule has 0 saturated carbocycles. The van der Waals surface area contributed by atoms with Gasteiger partial charge in [0.15, 0.2) is 0 Å². The van der Waals surface area contributed by atoms with Crippen LogP contribution in [-0.2, 0) is 16.1 Å². The SMILES string of the molecule is CC(C)(C)OC(=O)N1CCN([C@@H]2c3ccc(Cl)cc3OCc3cccnc32)C[C@@H]1C=O. The van der Waals surface area contributed by atoms with E-state index in [1.807, 2.05) is 51.1 Å². The average Bonchev–Trinajstić information content (AvgIpc) is 2.88. The number of fused-ring (bicyclic) bond motifs is 2. The lowest BCUT2D eigenvalue weighted by atomic mass is 9.96. The van der Waals surface area contributed by atoms with Crippen molar-refractivity contribution in [1.82, 2.24) is 14.8 Å². The Kier molecular flexibility index (Phi) is 5.90. The Hall–Kier alpha value is -2.64. The maximum absolute atomic E-state index is 12.6. The largest absolute Gasteiger partial charge is 0.488 e. The van der Waals surface area contributed by atoms with Crippen molar-refractivity contribution < 1.29 is 19.1 Å². The first-order valence-electron chi connectivity index (χ1n) is 10.3. The molecule has 1 aromatic heterocycles. The summed E-state index contributed by atoms with van der Waals surface area (Å²) in [6.45, 7) is 7.13. The highest BCUT2D eigenvalue weighted by Crippen LogP contribution is 2.40. The van der Waals surface area contributed by atoms with E-state index in [9.17, 15) is 9.59 Å². The van der Waals surface area contributed by atoms with E-state index in [-0.39, 0.29) is 6.04 Å². The van der Waals surface area contributed by atoms with Crippen molar-refractivity contribution >= 4 is 24.0 Å². The van der Waals surface area contributed by atoms with Crippen LogP contribution in [-0.4, -0.2) is 58.4 Å². The Morgan fingerprint density at radius 2 is 2.10 bits per heavy atom. The van der Waals surface area contributed by atoms with E-state index >= 15 is 0 Å². The fourth-order valence-electron chi connectivity index (χ4n) is 4.08. The van der Waals surface area contributed by atoms with Crippen LogP contribution in [0.4, 0.5) is 4.79 Å². The monoisotopic (exact) mass is 443 g/mol. The average molecular weight is 444 g/mol. The van der Waals surface area contributed by atoms with Gasteiger partial charge >= 0.3 is 6.09 Å². The number of carbonyl (C=O) groups is 2. The molecule has 0 radical (unpaired) electrons. The molecule has 0 spiro atoms.